The number of rotatable bonds is 3. The number of amides is 3. The minimum Gasteiger partial charge on any atom is -0.453 e. The van der Waals surface area contributed by atoms with Crippen LogP contribution < -0.4 is 10.6 Å². The van der Waals surface area contributed by atoms with Gasteiger partial charge in [-0.1, -0.05) is 13.3 Å². The number of likely N-dealkylation sites (tertiary alicyclic amines) is 1. The number of anilines is 2. The van der Waals surface area contributed by atoms with Gasteiger partial charge in [-0.2, -0.15) is 0 Å². The number of carbonyl (C=O) groups excluding carboxylic acids is 2. The number of hydrogen-bond acceptors (Lipinski definition) is 3. The van der Waals surface area contributed by atoms with Gasteiger partial charge in [0.15, 0.2) is 0 Å². The quantitative estimate of drug-likeness (QED) is 0.897. The average Bonchev–Trinajstić information content (AvgIpc) is 2.56. The van der Waals surface area contributed by atoms with Crippen molar-refractivity contribution in [3.63, 3.8) is 0 Å². The number of nitrogens with one attached hydrogen (secondary N) is 2. The van der Waals surface area contributed by atoms with Crippen molar-refractivity contribution in [3.8, 4) is 0 Å². The zero-order chi connectivity index (χ0) is 15.9. The molecule has 0 radical (unpaired) electrons. The van der Waals surface area contributed by atoms with Crippen molar-refractivity contribution in [2.24, 2.45) is 5.92 Å². The van der Waals surface area contributed by atoms with Crippen LogP contribution in [0.25, 0.3) is 0 Å². The first-order chi connectivity index (χ1) is 10.6. The third-order valence-corrected chi connectivity index (χ3v) is 3.95. The van der Waals surface area contributed by atoms with Gasteiger partial charge in [0.1, 0.15) is 0 Å². The minimum atomic E-state index is -0.518. The van der Waals surface area contributed by atoms with Crippen LogP contribution in [0.5, 0.6) is 0 Å². The number of hydrogen-bond donors (Lipinski definition) is 2. The molecular formula is C16H23N3O3. The number of urea groups is 1. The van der Waals surface area contributed by atoms with Crippen LogP contribution in [0.2, 0.25) is 0 Å². The summed E-state index contributed by atoms with van der Waals surface area (Å²) in [5, 5.41) is 5.46. The van der Waals surface area contributed by atoms with E-state index < -0.39 is 6.09 Å². The number of ether oxygens (including phenoxy) is 1. The van der Waals surface area contributed by atoms with E-state index >= 15 is 0 Å². The fraction of sp³-hybridized carbons (Fsp3) is 0.500. The molecule has 120 valence electrons. The molecule has 6 heteroatoms. The van der Waals surface area contributed by atoms with Gasteiger partial charge in [0.2, 0.25) is 0 Å². The van der Waals surface area contributed by atoms with Crippen LogP contribution >= 0.6 is 0 Å². The highest BCUT2D eigenvalue weighted by Gasteiger charge is 2.22. The van der Waals surface area contributed by atoms with Gasteiger partial charge < -0.3 is 15.0 Å². The predicted molar refractivity (Wildman–Crippen MR) is 86.1 cm³/mol. The van der Waals surface area contributed by atoms with Crippen LogP contribution in [0.1, 0.15) is 26.2 Å². The summed E-state index contributed by atoms with van der Waals surface area (Å²) in [6.45, 7) is 3.80. The maximum Gasteiger partial charge on any atom is 0.411 e. The molecular weight excluding hydrogens is 282 g/mol. The van der Waals surface area contributed by atoms with Gasteiger partial charge >= 0.3 is 12.1 Å². The van der Waals surface area contributed by atoms with Crippen LogP contribution in [-0.4, -0.2) is 37.2 Å². The molecule has 2 rings (SSSR count). The predicted octanol–water partition coefficient (Wildman–Crippen LogP) is 3.52. The summed E-state index contributed by atoms with van der Waals surface area (Å²) < 4.78 is 4.52. The van der Waals surface area contributed by atoms with E-state index in [-0.39, 0.29) is 6.03 Å². The summed E-state index contributed by atoms with van der Waals surface area (Å²) in [6, 6.07) is 6.89. The molecule has 0 bridgehead atoms. The number of nitrogens with zero attached hydrogens (tertiary/aromatic N) is 1. The molecule has 1 fully saturated rings. The van der Waals surface area contributed by atoms with E-state index in [0.717, 1.165) is 25.9 Å². The van der Waals surface area contributed by atoms with Crippen molar-refractivity contribution in [3.05, 3.63) is 24.3 Å². The highest BCUT2D eigenvalue weighted by molar-refractivity contribution is 5.90. The average molecular weight is 305 g/mol. The summed E-state index contributed by atoms with van der Waals surface area (Å²) >= 11 is 0. The fourth-order valence-electron chi connectivity index (χ4n) is 2.59. The highest BCUT2D eigenvalue weighted by atomic mass is 16.5. The molecule has 1 aliphatic heterocycles. The molecule has 6 nitrogen and oxygen atoms in total. The van der Waals surface area contributed by atoms with E-state index in [1.165, 1.54) is 13.5 Å². The molecule has 3 amide bonds. The Bertz CT molecular complexity index is 516. The number of methoxy groups -OCH3 is 1. The van der Waals surface area contributed by atoms with Crippen LogP contribution in [0.4, 0.5) is 21.0 Å². The zero-order valence-corrected chi connectivity index (χ0v) is 13.1. The monoisotopic (exact) mass is 305 g/mol. The molecule has 0 aliphatic carbocycles. The lowest BCUT2D eigenvalue weighted by atomic mass is 9.96. The van der Waals surface area contributed by atoms with Gasteiger partial charge in [-0.05, 0) is 43.0 Å². The van der Waals surface area contributed by atoms with E-state index in [1.54, 1.807) is 24.3 Å². The lowest BCUT2D eigenvalue weighted by Crippen LogP contribution is -2.42. The third-order valence-electron chi connectivity index (χ3n) is 3.95. The first-order valence-electron chi connectivity index (χ1n) is 7.63. The van der Waals surface area contributed by atoms with Gasteiger partial charge in [0, 0.05) is 24.5 Å². The SMILES string of the molecule is CCC1CCCN(C(=O)Nc2ccc(NC(=O)OC)cc2)C1. The third kappa shape index (κ3) is 4.38. The number of piperidine rings is 1. The van der Waals surface area contributed by atoms with E-state index in [9.17, 15) is 9.59 Å². The van der Waals surface area contributed by atoms with Gasteiger partial charge in [-0.3, -0.25) is 5.32 Å². The molecule has 1 aliphatic rings. The molecule has 1 unspecified atom stereocenters. The molecule has 0 spiro atoms. The summed E-state index contributed by atoms with van der Waals surface area (Å²) in [7, 11) is 1.31. The second-order valence-electron chi connectivity index (χ2n) is 5.49. The molecule has 1 saturated heterocycles. The Morgan fingerprint density at radius 3 is 2.45 bits per heavy atom. The normalized spacial score (nSPS) is 17.7. The van der Waals surface area contributed by atoms with Crippen LogP contribution in [0.3, 0.4) is 0 Å². The van der Waals surface area contributed by atoms with Gasteiger partial charge in [-0.15, -0.1) is 0 Å². The second-order valence-corrected chi connectivity index (χ2v) is 5.49. The Hall–Kier alpha value is -2.24. The Labute approximate surface area is 130 Å². The molecule has 22 heavy (non-hydrogen) atoms. The lowest BCUT2D eigenvalue weighted by molar-refractivity contribution is 0.176. The van der Waals surface area contributed by atoms with Gasteiger partial charge in [-0.25, -0.2) is 9.59 Å². The second kappa shape index (κ2) is 7.68. The molecule has 0 aromatic heterocycles. The first-order valence-corrected chi connectivity index (χ1v) is 7.63. The standard InChI is InChI=1S/C16H23N3O3/c1-3-12-5-4-10-19(11-12)15(20)17-13-6-8-14(9-7-13)18-16(21)22-2/h6-9,12H,3-5,10-11H2,1-2H3,(H,17,20)(H,18,21). The smallest absolute Gasteiger partial charge is 0.411 e. The maximum atomic E-state index is 12.3. The molecule has 1 aromatic rings. The van der Waals surface area contributed by atoms with E-state index in [2.05, 4.69) is 22.3 Å². The molecule has 1 atom stereocenters. The zero-order valence-electron chi connectivity index (χ0n) is 13.1. The highest BCUT2D eigenvalue weighted by Crippen LogP contribution is 2.20. The minimum absolute atomic E-state index is 0.0631. The van der Waals surface area contributed by atoms with E-state index in [1.807, 2.05) is 4.90 Å². The molecule has 0 saturated carbocycles. The molecule has 2 N–H and O–H groups in total. The van der Waals surface area contributed by atoms with E-state index in [0.29, 0.717) is 17.3 Å². The Kier molecular flexibility index (Phi) is 5.63. The molecule has 1 aromatic carbocycles. The first kappa shape index (κ1) is 16.1. The van der Waals surface area contributed by atoms with Crippen LogP contribution in [-0.2, 0) is 4.74 Å². The van der Waals surface area contributed by atoms with Crippen molar-refractivity contribution in [1.29, 1.82) is 0 Å². The van der Waals surface area contributed by atoms with Crippen LogP contribution in [0, 0.1) is 5.92 Å². The summed E-state index contributed by atoms with van der Waals surface area (Å²) in [4.78, 5) is 25.2. The maximum absolute atomic E-state index is 12.3. The largest absolute Gasteiger partial charge is 0.453 e. The Balaban J connectivity index is 1.90. The van der Waals surface area contributed by atoms with E-state index in [4.69, 9.17) is 0 Å². The van der Waals surface area contributed by atoms with Crippen LogP contribution in [0.15, 0.2) is 24.3 Å². The molecule has 1 heterocycles. The topological polar surface area (TPSA) is 70.7 Å². The van der Waals surface area contributed by atoms with Crippen molar-refractivity contribution in [2.75, 3.05) is 30.8 Å². The summed E-state index contributed by atoms with van der Waals surface area (Å²) in [6.07, 6.45) is 2.86. The van der Waals surface area contributed by atoms with Crippen molar-refractivity contribution in [2.45, 2.75) is 26.2 Å². The van der Waals surface area contributed by atoms with Gasteiger partial charge in [0.25, 0.3) is 0 Å². The summed E-state index contributed by atoms with van der Waals surface area (Å²) in [5.74, 6) is 0.603. The number of benzene rings is 1. The Morgan fingerprint density at radius 2 is 1.86 bits per heavy atom. The van der Waals surface area contributed by atoms with Gasteiger partial charge in [0.05, 0.1) is 7.11 Å². The van der Waals surface area contributed by atoms with Crippen molar-refractivity contribution < 1.29 is 14.3 Å². The Morgan fingerprint density at radius 1 is 1.23 bits per heavy atom. The lowest BCUT2D eigenvalue weighted by Gasteiger charge is -2.32. The van der Waals surface area contributed by atoms with Crippen molar-refractivity contribution >= 4 is 23.5 Å². The fourth-order valence-corrected chi connectivity index (χ4v) is 2.59. The number of carbonyl (C=O) groups is 2. The van der Waals surface area contributed by atoms with Crippen molar-refractivity contribution in [1.82, 2.24) is 4.90 Å². The summed E-state index contributed by atoms with van der Waals surface area (Å²) in [5.41, 5.74) is 1.33.